The van der Waals surface area contributed by atoms with Crippen LogP contribution >= 0.6 is 0 Å². The van der Waals surface area contributed by atoms with E-state index in [1.807, 2.05) is 0 Å². The van der Waals surface area contributed by atoms with Gasteiger partial charge in [-0.25, -0.2) is 13.2 Å². The molecular weight excluding hydrogens is 284 g/mol. The minimum atomic E-state index is -3.82. The zero-order chi connectivity index (χ0) is 14.9. The van der Waals surface area contributed by atoms with Crippen molar-refractivity contribution in [2.75, 3.05) is 18.9 Å². The maximum atomic E-state index is 12.5. The molecule has 0 bridgehead atoms. The fourth-order valence-corrected chi connectivity index (χ4v) is 4.13. The van der Waals surface area contributed by atoms with Crippen molar-refractivity contribution in [3.63, 3.8) is 0 Å². The van der Waals surface area contributed by atoms with Crippen LogP contribution in [0.15, 0.2) is 23.1 Å². The average molecular weight is 300 g/mol. The molecule has 7 nitrogen and oxygen atoms in total. The van der Waals surface area contributed by atoms with E-state index in [-0.39, 0.29) is 22.8 Å². The number of hydrogen-bond acceptors (Lipinski definition) is 5. The van der Waals surface area contributed by atoms with Gasteiger partial charge in [0.05, 0.1) is 17.9 Å². The number of benzene rings is 1. The lowest BCUT2D eigenvalue weighted by Crippen LogP contribution is -2.37. The molecule has 0 spiro atoms. The smallest absolute Gasteiger partial charge is 0.335 e. The minimum Gasteiger partial charge on any atom is -0.478 e. The van der Waals surface area contributed by atoms with E-state index in [4.69, 9.17) is 10.8 Å². The lowest BCUT2D eigenvalue weighted by molar-refractivity contribution is 0.0697. The number of carboxylic acid groups (broad SMARTS) is 1. The number of nitrogen functional groups attached to an aromatic ring is 1. The van der Waals surface area contributed by atoms with E-state index < -0.39 is 22.0 Å². The van der Waals surface area contributed by atoms with E-state index >= 15 is 0 Å². The highest BCUT2D eigenvalue weighted by molar-refractivity contribution is 7.89. The second-order valence-corrected chi connectivity index (χ2v) is 6.51. The number of nitrogens with zero attached hydrogens (tertiary/aromatic N) is 1. The third-order valence-corrected chi connectivity index (χ3v) is 5.40. The van der Waals surface area contributed by atoms with E-state index in [2.05, 4.69) is 0 Å². The Balaban J connectivity index is 2.42. The maximum absolute atomic E-state index is 12.5. The molecule has 0 amide bonds. The lowest BCUT2D eigenvalue weighted by Gasteiger charge is -2.23. The predicted molar refractivity (Wildman–Crippen MR) is 71.8 cm³/mol. The van der Waals surface area contributed by atoms with E-state index in [1.54, 1.807) is 0 Å². The number of aliphatic hydroxyl groups excluding tert-OH is 1. The largest absolute Gasteiger partial charge is 0.478 e. The lowest BCUT2D eigenvalue weighted by atomic mass is 10.2. The van der Waals surface area contributed by atoms with Crippen molar-refractivity contribution in [3.8, 4) is 0 Å². The van der Waals surface area contributed by atoms with Crippen molar-refractivity contribution < 1.29 is 23.4 Å². The van der Waals surface area contributed by atoms with Crippen LogP contribution in [0.25, 0.3) is 0 Å². The number of hydrogen-bond donors (Lipinski definition) is 3. The van der Waals surface area contributed by atoms with E-state index in [9.17, 15) is 18.3 Å². The Morgan fingerprint density at radius 3 is 2.70 bits per heavy atom. The third kappa shape index (κ3) is 2.49. The standard InChI is InChI=1S/C12H16N2O5S/c13-10-6-8(12(16)17)3-4-11(10)20(18,19)14-5-1-2-9(14)7-15/h3-4,6,9,15H,1-2,5,7,13H2,(H,16,17)/t9-/m0/s1. The molecule has 0 aliphatic carbocycles. The van der Waals surface area contributed by atoms with Crippen LogP contribution in [0, 0.1) is 0 Å². The molecule has 1 fully saturated rings. The zero-order valence-corrected chi connectivity index (χ0v) is 11.5. The minimum absolute atomic E-state index is 0.0680. The maximum Gasteiger partial charge on any atom is 0.335 e. The molecule has 8 heteroatoms. The Morgan fingerprint density at radius 1 is 1.45 bits per heavy atom. The summed E-state index contributed by atoms with van der Waals surface area (Å²) in [6, 6.07) is 3.08. The fraction of sp³-hybridized carbons (Fsp3) is 0.417. The first-order valence-electron chi connectivity index (χ1n) is 6.13. The molecule has 1 saturated heterocycles. The van der Waals surface area contributed by atoms with Gasteiger partial charge in [0.2, 0.25) is 10.0 Å². The van der Waals surface area contributed by atoms with Crippen molar-refractivity contribution in [3.05, 3.63) is 23.8 Å². The quantitative estimate of drug-likeness (QED) is 0.679. The Hall–Kier alpha value is -1.64. The molecule has 4 N–H and O–H groups in total. The summed E-state index contributed by atoms with van der Waals surface area (Å²) in [5.74, 6) is -1.17. The second-order valence-electron chi connectivity index (χ2n) is 4.65. The molecule has 1 atom stereocenters. The van der Waals surface area contributed by atoms with Gasteiger partial charge in [0.1, 0.15) is 4.90 Å². The summed E-state index contributed by atoms with van der Waals surface area (Å²) in [7, 11) is -3.82. The number of aliphatic hydroxyl groups is 1. The first kappa shape index (κ1) is 14.8. The second kappa shape index (κ2) is 5.39. The van der Waals surface area contributed by atoms with Gasteiger partial charge in [0.25, 0.3) is 0 Å². The van der Waals surface area contributed by atoms with E-state index in [1.165, 1.54) is 16.4 Å². The average Bonchev–Trinajstić information content (AvgIpc) is 2.87. The highest BCUT2D eigenvalue weighted by atomic mass is 32.2. The van der Waals surface area contributed by atoms with Crippen molar-refractivity contribution >= 4 is 21.7 Å². The summed E-state index contributed by atoms with van der Waals surface area (Å²) in [5, 5.41) is 18.1. The third-order valence-electron chi connectivity index (χ3n) is 3.38. The van der Waals surface area contributed by atoms with Crippen LogP contribution in [-0.2, 0) is 10.0 Å². The molecule has 110 valence electrons. The molecule has 1 aliphatic heterocycles. The number of nitrogens with two attached hydrogens (primary N) is 1. The molecule has 2 rings (SSSR count). The first-order valence-corrected chi connectivity index (χ1v) is 7.57. The summed E-state index contributed by atoms with van der Waals surface area (Å²) in [6.45, 7) is 0.0834. The topological polar surface area (TPSA) is 121 Å². The van der Waals surface area contributed by atoms with Crippen molar-refractivity contribution in [2.24, 2.45) is 0 Å². The highest BCUT2D eigenvalue weighted by Gasteiger charge is 2.35. The molecule has 0 aromatic heterocycles. The molecule has 1 aliphatic rings. The van der Waals surface area contributed by atoms with Gasteiger partial charge in [-0.1, -0.05) is 0 Å². The van der Waals surface area contributed by atoms with Crippen molar-refractivity contribution in [1.82, 2.24) is 4.31 Å². The van der Waals surface area contributed by atoms with Gasteiger partial charge in [-0.15, -0.1) is 0 Å². The van der Waals surface area contributed by atoms with Crippen LogP contribution in [0.4, 0.5) is 5.69 Å². The van der Waals surface area contributed by atoms with Crippen LogP contribution in [0.1, 0.15) is 23.2 Å². The number of aromatic carboxylic acids is 1. The molecular formula is C12H16N2O5S. The van der Waals surface area contributed by atoms with Crippen LogP contribution in [-0.4, -0.2) is 48.1 Å². The monoisotopic (exact) mass is 300 g/mol. The number of carbonyl (C=O) groups is 1. The summed E-state index contributed by atoms with van der Waals surface area (Å²) in [6.07, 6.45) is 1.28. The molecule has 1 aromatic carbocycles. The molecule has 1 aromatic rings. The zero-order valence-electron chi connectivity index (χ0n) is 10.7. The number of anilines is 1. The molecule has 1 heterocycles. The Labute approximate surface area is 116 Å². The van der Waals surface area contributed by atoms with Crippen molar-refractivity contribution in [1.29, 1.82) is 0 Å². The van der Waals surface area contributed by atoms with Crippen LogP contribution in [0.2, 0.25) is 0 Å². The Morgan fingerprint density at radius 2 is 2.15 bits per heavy atom. The van der Waals surface area contributed by atoms with Gasteiger partial charge in [-0.3, -0.25) is 0 Å². The van der Waals surface area contributed by atoms with Crippen LogP contribution < -0.4 is 5.73 Å². The normalized spacial score (nSPS) is 20.1. The number of carboxylic acids is 1. The van der Waals surface area contributed by atoms with Crippen LogP contribution in [0.3, 0.4) is 0 Å². The van der Waals surface area contributed by atoms with Gasteiger partial charge in [-0.2, -0.15) is 4.31 Å². The van der Waals surface area contributed by atoms with E-state index in [0.717, 1.165) is 6.07 Å². The molecule has 20 heavy (non-hydrogen) atoms. The Kier molecular flexibility index (Phi) is 3.98. The summed E-state index contributed by atoms with van der Waals surface area (Å²) in [4.78, 5) is 10.7. The summed E-state index contributed by atoms with van der Waals surface area (Å²) >= 11 is 0. The Bertz CT molecular complexity index is 629. The van der Waals surface area contributed by atoms with Gasteiger partial charge in [0.15, 0.2) is 0 Å². The van der Waals surface area contributed by atoms with Gasteiger partial charge >= 0.3 is 5.97 Å². The van der Waals surface area contributed by atoms with Gasteiger partial charge < -0.3 is 15.9 Å². The van der Waals surface area contributed by atoms with Gasteiger partial charge in [-0.05, 0) is 31.0 Å². The molecule has 0 unspecified atom stereocenters. The molecule has 0 radical (unpaired) electrons. The number of rotatable bonds is 4. The molecule has 0 saturated carbocycles. The van der Waals surface area contributed by atoms with Gasteiger partial charge in [0, 0.05) is 12.6 Å². The van der Waals surface area contributed by atoms with Crippen LogP contribution in [0.5, 0.6) is 0 Å². The van der Waals surface area contributed by atoms with Crippen molar-refractivity contribution in [2.45, 2.75) is 23.8 Å². The summed E-state index contributed by atoms with van der Waals surface area (Å²) < 4.78 is 26.2. The predicted octanol–water partition coefficient (Wildman–Crippen LogP) is 0.112. The van der Waals surface area contributed by atoms with E-state index in [0.29, 0.717) is 19.4 Å². The number of sulfonamides is 1. The fourth-order valence-electron chi connectivity index (χ4n) is 2.35. The highest BCUT2D eigenvalue weighted by Crippen LogP contribution is 2.29. The summed E-state index contributed by atoms with van der Waals surface area (Å²) in [5.41, 5.74) is 5.50. The SMILES string of the molecule is Nc1cc(C(=O)O)ccc1S(=O)(=O)N1CCC[C@H]1CO. The first-order chi connectivity index (χ1) is 9.37.